The molecule has 1 N–H and O–H groups in total. The molecule has 7 heteroatoms. The van der Waals surface area contributed by atoms with Gasteiger partial charge in [-0.05, 0) is 32.8 Å². The first-order chi connectivity index (χ1) is 10.8. The second-order valence-corrected chi connectivity index (χ2v) is 5.80. The number of hydrogen-bond acceptors (Lipinski definition) is 5. The number of non-ortho nitro benzene ring substituents is 1. The monoisotopic (exact) mass is 317 g/mol. The van der Waals surface area contributed by atoms with Crippen LogP contribution in [-0.2, 0) is 9.59 Å². The Labute approximate surface area is 133 Å². The van der Waals surface area contributed by atoms with E-state index in [2.05, 4.69) is 5.32 Å². The Balaban J connectivity index is 2.20. The highest BCUT2D eigenvalue weighted by Crippen LogP contribution is 2.34. The van der Waals surface area contributed by atoms with E-state index in [1.165, 1.54) is 24.3 Å². The molecule has 1 aromatic rings. The van der Waals surface area contributed by atoms with Gasteiger partial charge in [0.2, 0.25) is 5.91 Å². The van der Waals surface area contributed by atoms with Gasteiger partial charge in [0, 0.05) is 29.7 Å². The maximum Gasteiger partial charge on any atom is 0.271 e. The Morgan fingerprint density at radius 2 is 1.78 bits per heavy atom. The van der Waals surface area contributed by atoms with Crippen LogP contribution in [0.5, 0.6) is 0 Å². The van der Waals surface area contributed by atoms with E-state index in [4.69, 9.17) is 0 Å². The summed E-state index contributed by atoms with van der Waals surface area (Å²) < 4.78 is 0. The average Bonchev–Trinajstić information content (AvgIpc) is 2.49. The average molecular weight is 317 g/mol. The number of rotatable bonds is 4. The number of carbonyl (C=O) groups excluding carboxylic acids is 2. The zero-order valence-electron chi connectivity index (χ0n) is 12.9. The second-order valence-electron chi connectivity index (χ2n) is 5.80. The van der Waals surface area contributed by atoms with Crippen LogP contribution in [-0.4, -0.2) is 16.8 Å². The van der Waals surface area contributed by atoms with Gasteiger partial charge >= 0.3 is 0 Å². The van der Waals surface area contributed by atoms with Crippen molar-refractivity contribution < 1.29 is 19.6 Å². The third-order valence-corrected chi connectivity index (χ3v) is 4.23. The van der Waals surface area contributed by atoms with E-state index in [0.29, 0.717) is 6.42 Å². The molecule has 0 fully saturated rings. The van der Waals surface area contributed by atoms with Crippen molar-refractivity contribution in [2.75, 3.05) is 5.32 Å². The zero-order chi connectivity index (χ0) is 17.1. The molecule has 2 rings (SSSR count). The molecule has 2 atom stereocenters. The topological polar surface area (TPSA) is 112 Å². The minimum atomic E-state index is -1.25. The first-order valence-electron chi connectivity index (χ1n) is 7.21. The number of nitro benzene ring substituents is 1. The Kier molecular flexibility index (Phi) is 4.78. The zero-order valence-corrected chi connectivity index (χ0v) is 12.9. The van der Waals surface area contributed by atoms with Gasteiger partial charge in [0.25, 0.3) is 5.69 Å². The highest BCUT2D eigenvalue weighted by atomic mass is 16.6. The van der Waals surface area contributed by atoms with E-state index in [9.17, 15) is 24.8 Å². The normalized spacial score (nSPS) is 21.0. The lowest BCUT2D eigenvalue weighted by Crippen LogP contribution is -2.42. The predicted molar refractivity (Wildman–Crippen MR) is 81.3 cm³/mol. The standard InChI is InChI=1S/C16H18N2O5/c1-9-6-13(14(16(20)21)7-10(9)2)15(19)17-11-4-3-5-12(8-11)18(22)23/h3-5,8,13-14H,6-7H2,1-2H3,(H,17,19)(H,20,21)/p-1/t13-,14-/m1/s1. The van der Waals surface area contributed by atoms with E-state index in [-0.39, 0.29) is 17.8 Å². The molecule has 0 aromatic heterocycles. The summed E-state index contributed by atoms with van der Waals surface area (Å²) in [5.74, 6) is -3.36. The van der Waals surface area contributed by atoms with Gasteiger partial charge in [0.15, 0.2) is 0 Å². The summed E-state index contributed by atoms with van der Waals surface area (Å²) in [4.78, 5) is 33.9. The van der Waals surface area contributed by atoms with Crippen LogP contribution in [0.4, 0.5) is 11.4 Å². The Morgan fingerprint density at radius 1 is 1.17 bits per heavy atom. The van der Waals surface area contributed by atoms with E-state index in [0.717, 1.165) is 11.1 Å². The van der Waals surface area contributed by atoms with Crippen LogP contribution in [0.2, 0.25) is 0 Å². The fourth-order valence-electron chi connectivity index (χ4n) is 2.75. The third-order valence-electron chi connectivity index (χ3n) is 4.23. The Morgan fingerprint density at radius 3 is 2.35 bits per heavy atom. The van der Waals surface area contributed by atoms with Crippen LogP contribution in [0.15, 0.2) is 35.4 Å². The van der Waals surface area contributed by atoms with Gasteiger partial charge in [-0.2, -0.15) is 0 Å². The van der Waals surface area contributed by atoms with Crippen molar-refractivity contribution >= 4 is 23.3 Å². The highest BCUT2D eigenvalue weighted by Gasteiger charge is 2.33. The maximum absolute atomic E-state index is 12.4. The lowest BCUT2D eigenvalue weighted by molar-refractivity contribution is -0.384. The number of benzene rings is 1. The molecule has 1 amide bonds. The molecule has 0 radical (unpaired) electrons. The number of nitrogens with one attached hydrogen (secondary N) is 1. The van der Waals surface area contributed by atoms with Crippen LogP contribution in [0, 0.1) is 22.0 Å². The number of carboxylic acid groups (broad SMARTS) is 1. The molecule has 23 heavy (non-hydrogen) atoms. The van der Waals surface area contributed by atoms with Gasteiger partial charge in [-0.25, -0.2) is 0 Å². The number of carboxylic acids is 1. The fourth-order valence-corrected chi connectivity index (χ4v) is 2.75. The van der Waals surface area contributed by atoms with Crippen LogP contribution in [0.1, 0.15) is 26.7 Å². The van der Waals surface area contributed by atoms with Crippen LogP contribution < -0.4 is 10.4 Å². The molecule has 0 spiro atoms. The predicted octanol–water partition coefficient (Wildman–Crippen LogP) is 1.65. The molecule has 122 valence electrons. The number of anilines is 1. The van der Waals surface area contributed by atoms with Gasteiger partial charge < -0.3 is 15.2 Å². The second kappa shape index (κ2) is 6.60. The molecule has 7 nitrogen and oxygen atoms in total. The van der Waals surface area contributed by atoms with Crippen LogP contribution >= 0.6 is 0 Å². The fraction of sp³-hybridized carbons (Fsp3) is 0.375. The van der Waals surface area contributed by atoms with Crippen molar-refractivity contribution in [2.24, 2.45) is 11.8 Å². The Bertz CT molecular complexity index is 695. The number of nitrogens with zero attached hydrogens (tertiary/aromatic N) is 1. The largest absolute Gasteiger partial charge is 0.550 e. The van der Waals surface area contributed by atoms with Crippen molar-refractivity contribution in [3.05, 3.63) is 45.5 Å². The summed E-state index contributed by atoms with van der Waals surface area (Å²) in [6.07, 6.45) is 0.617. The van der Waals surface area contributed by atoms with Gasteiger partial charge in [-0.15, -0.1) is 0 Å². The molecule has 0 unspecified atom stereocenters. The molecule has 0 aliphatic heterocycles. The minimum absolute atomic E-state index is 0.144. The van der Waals surface area contributed by atoms with E-state index in [1.807, 2.05) is 13.8 Å². The van der Waals surface area contributed by atoms with Crippen LogP contribution in [0.3, 0.4) is 0 Å². The lowest BCUT2D eigenvalue weighted by atomic mass is 9.76. The number of nitro groups is 1. The summed E-state index contributed by atoms with van der Waals surface area (Å²) in [5.41, 5.74) is 2.07. The minimum Gasteiger partial charge on any atom is -0.550 e. The van der Waals surface area contributed by atoms with E-state index >= 15 is 0 Å². The smallest absolute Gasteiger partial charge is 0.271 e. The molecule has 0 heterocycles. The van der Waals surface area contributed by atoms with Crippen LogP contribution in [0.25, 0.3) is 0 Å². The molecule has 0 saturated carbocycles. The first kappa shape index (κ1) is 16.7. The summed E-state index contributed by atoms with van der Waals surface area (Å²) in [5, 5.41) is 24.6. The SMILES string of the molecule is CC1=C(C)C[C@@H](C(=O)Nc2cccc([N+](=O)[O-])c2)[C@H](C(=O)[O-])C1. The summed E-state index contributed by atoms with van der Waals surface area (Å²) in [6, 6.07) is 5.54. The number of amides is 1. The maximum atomic E-state index is 12.4. The molecule has 1 aliphatic rings. The van der Waals surface area contributed by atoms with Gasteiger partial charge in [0.05, 0.1) is 10.8 Å². The molecule has 1 aliphatic carbocycles. The Hall–Kier alpha value is -2.70. The van der Waals surface area contributed by atoms with Crippen molar-refractivity contribution in [2.45, 2.75) is 26.7 Å². The van der Waals surface area contributed by atoms with Gasteiger partial charge in [-0.3, -0.25) is 14.9 Å². The summed E-state index contributed by atoms with van der Waals surface area (Å²) >= 11 is 0. The van der Waals surface area contributed by atoms with Gasteiger partial charge in [0.1, 0.15) is 0 Å². The highest BCUT2D eigenvalue weighted by molar-refractivity contribution is 5.95. The molecule has 0 saturated heterocycles. The van der Waals surface area contributed by atoms with Crippen molar-refractivity contribution in [3.8, 4) is 0 Å². The number of allylic oxidation sites excluding steroid dienone is 2. The molecular formula is C16H17N2O5-. The molecule has 0 bridgehead atoms. The number of hydrogen-bond donors (Lipinski definition) is 1. The van der Waals surface area contributed by atoms with Crippen molar-refractivity contribution in [3.63, 3.8) is 0 Å². The molecule has 1 aromatic carbocycles. The van der Waals surface area contributed by atoms with E-state index < -0.39 is 28.6 Å². The van der Waals surface area contributed by atoms with Crippen molar-refractivity contribution in [1.82, 2.24) is 0 Å². The third kappa shape index (κ3) is 3.74. The van der Waals surface area contributed by atoms with E-state index in [1.54, 1.807) is 0 Å². The lowest BCUT2D eigenvalue weighted by Gasteiger charge is -2.32. The van der Waals surface area contributed by atoms with Crippen molar-refractivity contribution in [1.29, 1.82) is 0 Å². The summed E-state index contributed by atoms with van der Waals surface area (Å²) in [7, 11) is 0. The first-order valence-corrected chi connectivity index (χ1v) is 7.21. The quantitative estimate of drug-likeness (QED) is 0.515. The van der Waals surface area contributed by atoms with Gasteiger partial charge in [-0.1, -0.05) is 17.2 Å². The number of carbonyl (C=O) groups is 2. The number of aliphatic carboxylic acids is 1. The summed E-state index contributed by atoms with van der Waals surface area (Å²) in [6.45, 7) is 3.72. The molecular weight excluding hydrogens is 300 g/mol.